The fourth-order valence-electron chi connectivity index (χ4n) is 2.69. The SMILES string of the molecule is CCNCC1CCN(S(=O)(=O)c2ccc(Cl)cc2[N+](=O)[O-])CC1. The van der Waals surface area contributed by atoms with Crippen LogP contribution in [-0.4, -0.2) is 43.8 Å². The van der Waals surface area contributed by atoms with E-state index >= 15 is 0 Å². The number of nitro benzene ring substituents is 1. The van der Waals surface area contributed by atoms with Gasteiger partial charge in [0, 0.05) is 24.2 Å². The van der Waals surface area contributed by atoms with E-state index < -0.39 is 20.6 Å². The number of piperidine rings is 1. The molecular formula is C14H20ClN3O4S. The molecule has 0 aromatic heterocycles. The minimum atomic E-state index is -3.89. The number of benzene rings is 1. The Labute approximate surface area is 140 Å². The van der Waals surface area contributed by atoms with Crippen molar-refractivity contribution in [2.75, 3.05) is 26.2 Å². The normalized spacial score (nSPS) is 17.3. The lowest BCUT2D eigenvalue weighted by atomic mass is 9.98. The fraction of sp³-hybridized carbons (Fsp3) is 0.571. The van der Waals surface area contributed by atoms with Crippen molar-refractivity contribution in [1.82, 2.24) is 9.62 Å². The van der Waals surface area contributed by atoms with Crippen LogP contribution >= 0.6 is 11.6 Å². The number of nitrogens with one attached hydrogen (secondary N) is 1. The van der Waals surface area contributed by atoms with Gasteiger partial charge in [0.15, 0.2) is 4.90 Å². The maximum absolute atomic E-state index is 12.7. The molecule has 0 atom stereocenters. The van der Waals surface area contributed by atoms with E-state index in [0.29, 0.717) is 19.0 Å². The van der Waals surface area contributed by atoms with E-state index in [-0.39, 0.29) is 9.92 Å². The number of hydrogen-bond donors (Lipinski definition) is 1. The lowest BCUT2D eigenvalue weighted by Crippen LogP contribution is -2.40. The Morgan fingerprint density at radius 3 is 2.61 bits per heavy atom. The molecule has 1 N–H and O–H groups in total. The summed E-state index contributed by atoms with van der Waals surface area (Å²) >= 11 is 5.74. The molecule has 0 aliphatic carbocycles. The van der Waals surface area contributed by atoms with E-state index in [4.69, 9.17) is 11.6 Å². The van der Waals surface area contributed by atoms with Crippen molar-refractivity contribution in [3.8, 4) is 0 Å². The van der Waals surface area contributed by atoms with E-state index in [9.17, 15) is 18.5 Å². The van der Waals surface area contributed by atoms with Crippen LogP contribution in [0.4, 0.5) is 5.69 Å². The molecule has 1 aliphatic heterocycles. The zero-order chi connectivity index (χ0) is 17.0. The zero-order valence-electron chi connectivity index (χ0n) is 12.9. The Kier molecular flexibility index (Phi) is 5.96. The predicted octanol–water partition coefficient (Wildman–Crippen LogP) is 2.26. The van der Waals surface area contributed by atoms with Gasteiger partial charge < -0.3 is 5.32 Å². The number of sulfonamides is 1. The molecule has 128 valence electrons. The fourth-order valence-corrected chi connectivity index (χ4v) is 4.47. The molecule has 0 amide bonds. The number of nitrogens with zero attached hydrogens (tertiary/aromatic N) is 2. The molecule has 0 radical (unpaired) electrons. The standard InChI is InChI=1S/C14H20ClN3O4S/c1-2-16-10-11-5-7-17(8-6-11)23(21,22)14-4-3-12(15)9-13(14)18(19)20/h3-4,9,11,16H,2,5-8,10H2,1H3. The topological polar surface area (TPSA) is 92.6 Å². The second-order valence-electron chi connectivity index (χ2n) is 5.52. The molecule has 9 heteroatoms. The summed E-state index contributed by atoms with van der Waals surface area (Å²) in [5.74, 6) is 0.432. The quantitative estimate of drug-likeness (QED) is 0.619. The van der Waals surface area contributed by atoms with Gasteiger partial charge in [-0.1, -0.05) is 18.5 Å². The highest BCUT2D eigenvalue weighted by Gasteiger charge is 2.34. The van der Waals surface area contributed by atoms with Gasteiger partial charge in [0.05, 0.1) is 4.92 Å². The van der Waals surface area contributed by atoms with Crippen LogP contribution in [0.25, 0.3) is 0 Å². The summed E-state index contributed by atoms with van der Waals surface area (Å²) in [5.41, 5.74) is -0.479. The van der Waals surface area contributed by atoms with Crippen molar-refractivity contribution in [2.45, 2.75) is 24.7 Å². The maximum Gasteiger partial charge on any atom is 0.290 e. The van der Waals surface area contributed by atoms with E-state index in [1.165, 1.54) is 16.4 Å². The van der Waals surface area contributed by atoms with Gasteiger partial charge in [-0.2, -0.15) is 4.31 Å². The van der Waals surface area contributed by atoms with Crippen LogP contribution in [0.2, 0.25) is 5.02 Å². The van der Waals surface area contributed by atoms with Gasteiger partial charge >= 0.3 is 0 Å². The van der Waals surface area contributed by atoms with Crippen LogP contribution in [0.1, 0.15) is 19.8 Å². The molecule has 1 aromatic carbocycles. The Morgan fingerprint density at radius 2 is 2.04 bits per heavy atom. The molecule has 0 unspecified atom stereocenters. The van der Waals surface area contributed by atoms with E-state index in [0.717, 1.165) is 32.0 Å². The Morgan fingerprint density at radius 1 is 1.39 bits per heavy atom. The molecule has 0 spiro atoms. The molecular weight excluding hydrogens is 342 g/mol. The third-order valence-corrected chi connectivity index (χ3v) is 6.17. The van der Waals surface area contributed by atoms with Gasteiger partial charge in [0.2, 0.25) is 10.0 Å². The highest BCUT2D eigenvalue weighted by atomic mass is 35.5. The minimum absolute atomic E-state index is 0.139. The maximum atomic E-state index is 12.7. The summed E-state index contributed by atoms with van der Waals surface area (Å²) in [4.78, 5) is 10.1. The van der Waals surface area contributed by atoms with Crippen molar-refractivity contribution in [2.24, 2.45) is 5.92 Å². The first-order chi connectivity index (χ1) is 10.9. The average Bonchev–Trinajstić information content (AvgIpc) is 2.53. The number of nitro groups is 1. The van der Waals surface area contributed by atoms with Gasteiger partial charge in [0.1, 0.15) is 0 Å². The second kappa shape index (κ2) is 7.57. The van der Waals surface area contributed by atoms with Gasteiger partial charge in [-0.3, -0.25) is 10.1 Å². The molecule has 2 rings (SSSR count). The Balaban J connectivity index is 2.19. The summed E-state index contributed by atoms with van der Waals surface area (Å²) in [5, 5.41) is 14.5. The van der Waals surface area contributed by atoms with Crippen LogP contribution in [0.15, 0.2) is 23.1 Å². The van der Waals surface area contributed by atoms with Crippen molar-refractivity contribution >= 4 is 27.3 Å². The zero-order valence-corrected chi connectivity index (χ0v) is 14.4. The third-order valence-electron chi connectivity index (χ3n) is 3.99. The first-order valence-electron chi connectivity index (χ1n) is 7.51. The predicted molar refractivity (Wildman–Crippen MR) is 88.1 cm³/mol. The molecule has 7 nitrogen and oxygen atoms in total. The Hall–Kier alpha value is -1.22. The third kappa shape index (κ3) is 4.20. The summed E-state index contributed by atoms with van der Waals surface area (Å²) in [7, 11) is -3.89. The highest BCUT2D eigenvalue weighted by molar-refractivity contribution is 7.89. The van der Waals surface area contributed by atoms with Gasteiger partial charge in [-0.15, -0.1) is 0 Å². The first kappa shape index (κ1) is 18.1. The van der Waals surface area contributed by atoms with Crippen LogP contribution in [-0.2, 0) is 10.0 Å². The molecule has 23 heavy (non-hydrogen) atoms. The van der Waals surface area contributed by atoms with Crippen molar-refractivity contribution in [3.63, 3.8) is 0 Å². The molecule has 1 heterocycles. The van der Waals surface area contributed by atoms with Crippen molar-refractivity contribution < 1.29 is 13.3 Å². The van der Waals surface area contributed by atoms with Crippen molar-refractivity contribution in [1.29, 1.82) is 0 Å². The Bertz CT molecular complexity index is 673. The number of hydrogen-bond acceptors (Lipinski definition) is 5. The summed E-state index contributed by atoms with van der Waals surface area (Å²) in [6.07, 6.45) is 1.49. The van der Waals surface area contributed by atoms with Gasteiger partial charge in [-0.05, 0) is 44.0 Å². The molecule has 1 fully saturated rings. The smallest absolute Gasteiger partial charge is 0.290 e. The lowest BCUT2D eigenvalue weighted by Gasteiger charge is -2.31. The number of rotatable bonds is 6. The monoisotopic (exact) mass is 361 g/mol. The van der Waals surface area contributed by atoms with Crippen LogP contribution in [0.5, 0.6) is 0 Å². The van der Waals surface area contributed by atoms with E-state index in [1.54, 1.807) is 0 Å². The average molecular weight is 362 g/mol. The summed E-state index contributed by atoms with van der Waals surface area (Å²) in [6, 6.07) is 3.65. The van der Waals surface area contributed by atoms with Crippen LogP contribution < -0.4 is 5.32 Å². The molecule has 0 bridgehead atoms. The lowest BCUT2D eigenvalue weighted by molar-refractivity contribution is -0.387. The second-order valence-corrected chi connectivity index (χ2v) is 7.87. The van der Waals surface area contributed by atoms with Crippen LogP contribution in [0, 0.1) is 16.0 Å². The van der Waals surface area contributed by atoms with Gasteiger partial charge in [-0.25, -0.2) is 8.42 Å². The molecule has 1 aliphatic rings. The summed E-state index contributed by atoms with van der Waals surface area (Å²) < 4.78 is 26.7. The highest BCUT2D eigenvalue weighted by Crippen LogP contribution is 2.31. The van der Waals surface area contributed by atoms with Gasteiger partial charge in [0.25, 0.3) is 5.69 Å². The largest absolute Gasteiger partial charge is 0.317 e. The first-order valence-corrected chi connectivity index (χ1v) is 9.33. The minimum Gasteiger partial charge on any atom is -0.317 e. The van der Waals surface area contributed by atoms with E-state index in [2.05, 4.69) is 5.32 Å². The van der Waals surface area contributed by atoms with Crippen molar-refractivity contribution in [3.05, 3.63) is 33.3 Å². The number of halogens is 1. The summed E-state index contributed by atoms with van der Waals surface area (Å²) in [6.45, 7) is 4.52. The molecule has 1 aromatic rings. The van der Waals surface area contributed by atoms with E-state index in [1.807, 2.05) is 6.92 Å². The molecule has 0 saturated carbocycles. The van der Waals surface area contributed by atoms with Crippen LogP contribution in [0.3, 0.4) is 0 Å². The molecule has 1 saturated heterocycles.